The lowest BCUT2D eigenvalue weighted by Gasteiger charge is -2.40. The van der Waals surface area contributed by atoms with Gasteiger partial charge in [-0.3, -0.25) is 14.4 Å². The Morgan fingerprint density at radius 1 is 1.00 bits per heavy atom. The molecule has 5 N–H and O–H groups in total. The highest BCUT2D eigenvalue weighted by atomic mass is 32.1. The first-order valence-electron chi connectivity index (χ1n) is 12.3. The second-order valence-corrected chi connectivity index (χ2v) is 10.2. The predicted octanol–water partition coefficient (Wildman–Crippen LogP) is 3.93. The fraction of sp³-hybridized carbons (Fsp3) is 0.520. The van der Waals surface area contributed by atoms with Crippen LogP contribution in [0.1, 0.15) is 96.0 Å². The highest BCUT2D eigenvalue weighted by Crippen LogP contribution is 2.35. The fourth-order valence-corrected chi connectivity index (χ4v) is 5.96. The van der Waals surface area contributed by atoms with E-state index >= 15 is 0 Å². The number of benzene rings is 1. The molecule has 0 unspecified atom stereocenters. The number of primary amides is 1. The minimum atomic E-state index is -0.966. The maximum atomic E-state index is 14.0. The van der Waals surface area contributed by atoms with Crippen LogP contribution in [0.3, 0.4) is 0 Å². The van der Waals surface area contributed by atoms with Gasteiger partial charge in [0.1, 0.15) is 16.7 Å². The average molecular weight is 502 g/mol. The number of carbonyl (C=O) groups is 3. The molecule has 0 saturated heterocycles. The van der Waals surface area contributed by atoms with Crippen molar-refractivity contribution in [1.29, 1.82) is 0 Å². The molecule has 2 aliphatic rings. The van der Waals surface area contributed by atoms with Crippen molar-refractivity contribution in [3.8, 4) is 0 Å². The molecule has 2 saturated carbocycles. The lowest BCUT2D eigenvalue weighted by atomic mass is 9.90. The van der Waals surface area contributed by atoms with Gasteiger partial charge in [0.25, 0.3) is 11.8 Å². The molecule has 35 heavy (non-hydrogen) atoms. The van der Waals surface area contributed by atoms with Gasteiger partial charge in [-0.05, 0) is 54.9 Å². The summed E-state index contributed by atoms with van der Waals surface area (Å²) in [4.78, 5) is 41.2. The number of nitrogen functional groups attached to an aromatic ring is 1. The zero-order valence-electron chi connectivity index (χ0n) is 19.7. The van der Waals surface area contributed by atoms with Gasteiger partial charge in [-0.15, -0.1) is 0 Å². The Bertz CT molecular complexity index is 1060. The maximum absolute atomic E-state index is 14.0. The number of nitrogens with one attached hydrogen (secondary N) is 1. The number of aromatic nitrogens is 1. The molecule has 2 fully saturated rings. The van der Waals surface area contributed by atoms with Crippen LogP contribution in [0.5, 0.6) is 0 Å². The largest absolute Gasteiger partial charge is 0.395 e. The molecule has 188 valence electrons. The molecule has 0 bridgehead atoms. The third-order valence-electron chi connectivity index (χ3n) is 7.02. The van der Waals surface area contributed by atoms with E-state index in [-0.39, 0.29) is 34.2 Å². The summed E-state index contributed by atoms with van der Waals surface area (Å²) >= 11 is 0.809. The fourth-order valence-electron chi connectivity index (χ4n) is 5.21. The zero-order chi connectivity index (χ0) is 24.9. The number of nitrogens with zero attached hydrogens (tertiary/aromatic N) is 2. The van der Waals surface area contributed by atoms with Gasteiger partial charge in [-0.25, -0.2) is 4.39 Å². The molecule has 2 aromatic rings. The third-order valence-corrected chi connectivity index (χ3v) is 7.87. The van der Waals surface area contributed by atoms with Crippen molar-refractivity contribution in [1.82, 2.24) is 14.6 Å². The number of anilines is 1. The van der Waals surface area contributed by atoms with E-state index in [2.05, 4.69) is 9.69 Å². The standard InChI is InChI=1S/C25H32FN5O3S/c26-16-13-11-15(12-14-16)21(24(33)29-17-7-3-1-4-8-17)31(18-9-5-2-6-10-18)25(34)22-19(27)20(23(28)32)30-35-22/h11-14,17-18,21H,1-10,27H2,(H2,28,32)(H,29,33)/t21-/m1/s1. The number of hydrogen-bond donors (Lipinski definition) is 3. The molecule has 0 spiro atoms. The highest BCUT2D eigenvalue weighted by molar-refractivity contribution is 7.09. The van der Waals surface area contributed by atoms with E-state index in [0.29, 0.717) is 5.56 Å². The summed E-state index contributed by atoms with van der Waals surface area (Å²) < 4.78 is 17.8. The first-order valence-corrected chi connectivity index (χ1v) is 13.1. The maximum Gasteiger partial charge on any atom is 0.270 e. The van der Waals surface area contributed by atoms with Crippen LogP contribution < -0.4 is 16.8 Å². The van der Waals surface area contributed by atoms with E-state index in [1.807, 2.05) is 0 Å². The van der Waals surface area contributed by atoms with E-state index in [0.717, 1.165) is 75.7 Å². The van der Waals surface area contributed by atoms with E-state index in [1.54, 1.807) is 17.0 Å². The molecule has 10 heteroatoms. The number of nitrogens with two attached hydrogens (primary N) is 2. The highest BCUT2D eigenvalue weighted by Gasteiger charge is 2.40. The molecule has 2 aliphatic carbocycles. The summed E-state index contributed by atoms with van der Waals surface area (Å²) in [6, 6.07) is 4.56. The lowest BCUT2D eigenvalue weighted by molar-refractivity contribution is -0.127. The van der Waals surface area contributed by atoms with Crippen LogP contribution in [-0.2, 0) is 4.79 Å². The lowest BCUT2D eigenvalue weighted by Crippen LogP contribution is -2.51. The van der Waals surface area contributed by atoms with Gasteiger partial charge >= 0.3 is 0 Å². The van der Waals surface area contributed by atoms with E-state index in [1.165, 1.54) is 12.1 Å². The Labute approximate surface area is 208 Å². The van der Waals surface area contributed by atoms with Crippen LogP contribution in [0, 0.1) is 5.82 Å². The van der Waals surface area contributed by atoms with Crippen molar-refractivity contribution in [2.45, 2.75) is 82.3 Å². The predicted molar refractivity (Wildman–Crippen MR) is 132 cm³/mol. The van der Waals surface area contributed by atoms with Crippen molar-refractivity contribution >= 4 is 34.9 Å². The third kappa shape index (κ3) is 5.63. The first kappa shape index (κ1) is 25.1. The second-order valence-electron chi connectivity index (χ2n) is 9.44. The Morgan fingerprint density at radius 2 is 1.60 bits per heavy atom. The van der Waals surface area contributed by atoms with Crippen LogP contribution in [0.2, 0.25) is 0 Å². The van der Waals surface area contributed by atoms with Gasteiger partial charge in [0.05, 0.1) is 5.69 Å². The minimum Gasteiger partial charge on any atom is -0.395 e. The van der Waals surface area contributed by atoms with Crippen LogP contribution >= 0.6 is 11.5 Å². The Kier molecular flexibility index (Phi) is 8.00. The second kappa shape index (κ2) is 11.2. The number of hydrogen-bond acceptors (Lipinski definition) is 6. The van der Waals surface area contributed by atoms with Gasteiger partial charge in [0, 0.05) is 12.1 Å². The number of rotatable bonds is 7. The number of carbonyl (C=O) groups excluding carboxylic acids is 3. The van der Waals surface area contributed by atoms with E-state index < -0.39 is 23.7 Å². The Morgan fingerprint density at radius 3 is 2.17 bits per heavy atom. The van der Waals surface area contributed by atoms with Crippen molar-refractivity contribution in [2.24, 2.45) is 5.73 Å². The van der Waals surface area contributed by atoms with Gasteiger partial charge in [-0.2, -0.15) is 4.37 Å². The van der Waals surface area contributed by atoms with Crippen LogP contribution in [-0.4, -0.2) is 39.1 Å². The molecule has 1 aromatic heterocycles. The molecule has 4 rings (SSSR count). The first-order chi connectivity index (χ1) is 16.9. The van der Waals surface area contributed by atoms with Crippen molar-refractivity contribution in [3.63, 3.8) is 0 Å². The molecule has 1 heterocycles. The summed E-state index contributed by atoms with van der Waals surface area (Å²) in [7, 11) is 0. The van der Waals surface area contributed by atoms with E-state index in [9.17, 15) is 18.8 Å². The molecule has 1 aromatic carbocycles. The van der Waals surface area contributed by atoms with Crippen LogP contribution in [0.4, 0.5) is 10.1 Å². The molecular formula is C25H32FN5O3S. The van der Waals surface area contributed by atoms with Gasteiger partial charge in [0.15, 0.2) is 5.69 Å². The van der Waals surface area contributed by atoms with Gasteiger partial charge in [0.2, 0.25) is 5.91 Å². The van der Waals surface area contributed by atoms with Crippen molar-refractivity contribution < 1.29 is 18.8 Å². The van der Waals surface area contributed by atoms with Crippen LogP contribution in [0.15, 0.2) is 24.3 Å². The smallest absolute Gasteiger partial charge is 0.270 e. The van der Waals surface area contributed by atoms with E-state index in [4.69, 9.17) is 11.5 Å². The minimum absolute atomic E-state index is 0.0393. The Balaban J connectivity index is 1.75. The number of halogens is 1. The Hall–Kier alpha value is -3.01. The quantitative estimate of drug-likeness (QED) is 0.529. The molecule has 0 aliphatic heterocycles. The molecule has 3 amide bonds. The average Bonchev–Trinajstić information content (AvgIpc) is 3.25. The van der Waals surface area contributed by atoms with Crippen LogP contribution in [0.25, 0.3) is 0 Å². The normalized spacial score (nSPS) is 18.1. The summed E-state index contributed by atoms with van der Waals surface area (Å²) in [5.74, 6) is -1.99. The monoisotopic (exact) mass is 501 g/mol. The summed E-state index contributed by atoms with van der Waals surface area (Å²) in [5.41, 5.74) is 11.8. The summed E-state index contributed by atoms with van der Waals surface area (Å²) in [6.07, 6.45) is 9.42. The molecule has 0 radical (unpaired) electrons. The summed E-state index contributed by atoms with van der Waals surface area (Å²) in [6.45, 7) is 0. The SMILES string of the molecule is NC(=O)c1nsc(C(=O)N(C2CCCCC2)[C@@H](C(=O)NC2CCCCC2)c2ccc(F)cc2)c1N. The van der Waals surface area contributed by atoms with Gasteiger partial charge in [-0.1, -0.05) is 50.7 Å². The molecular weight excluding hydrogens is 469 g/mol. The summed E-state index contributed by atoms with van der Waals surface area (Å²) in [5, 5.41) is 3.15. The van der Waals surface area contributed by atoms with Gasteiger partial charge < -0.3 is 21.7 Å². The zero-order valence-corrected chi connectivity index (χ0v) is 20.5. The topological polar surface area (TPSA) is 131 Å². The van der Waals surface area contributed by atoms with Crippen molar-refractivity contribution in [3.05, 3.63) is 46.2 Å². The molecule has 1 atom stereocenters. The molecule has 8 nitrogen and oxygen atoms in total. The van der Waals surface area contributed by atoms with Crippen molar-refractivity contribution in [2.75, 3.05) is 5.73 Å². The number of amides is 3.